The molecule has 0 aromatic heterocycles. The molecule has 0 aliphatic carbocycles. The largest absolute Gasteiger partial charge is 0.490 e. The molecule has 1 aromatic carbocycles. The second-order valence-corrected chi connectivity index (χ2v) is 5.73. The van der Waals surface area contributed by atoms with Gasteiger partial charge in [-0.1, -0.05) is 0 Å². The molecule has 4 heteroatoms. The van der Waals surface area contributed by atoms with Crippen LogP contribution >= 0.6 is 0 Å². The SMILES string of the molecule is CC(C)(N)CCCNc1ccc2c(c1)OCCCO2. The first-order chi connectivity index (χ1) is 9.04. The van der Waals surface area contributed by atoms with Crippen molar-refractivity contribution < 1.29 is 9.47 Å². The van der Waals surface area contributed by atoms with Gasteiger partial charge in [-0.05, 0) is 38.8 Å². The molecule has 1 aliphatic heterocycles. The first kappa shape index (κ1) is 14.0. The van der Waals surface area contributed by atoms with Gasteiger partial charge in [0.25, 0.3) is 0 Å². The quantitative estimate of drug-likeness (QED) is 0.803. The van der Waals surface area contributed by atoms with Crippen molar-refractivity contribution in [3.8, 4) is 11.5 Å². The van der Waals surface area contributed by atoms with Gasteiger partial charge in [0.2, 0.25) is 0 Å². The summed E-state index contributed by atoms with van der Waals surface area (Å²) >= 11 is 0. The van der Waals surface area contributed by atoms with Crippen LogP contribution in [-0.2, 0) is 0 Å². The average molecular weight is 264 g/mol. The predicted octanol–water partition coefficient (Wildman–Crippen LogP) is 2.78. The normalized spacial score (nSPS) is 14.9. The second-order valence-electron chi connectivity index (χ2n) is 5.73. The minimum absolute atomic E-state index is 0.0909. The van der Waals surface area contributed by atoms with Gasteiger partial charge in [-0.25, -0.2) is 0 Å². The summed E-state index contributed by atoms with van der Waals surface area (Å²) in [6.07, 6.45) is 2.99. The number of anilines is 1. The van der Waals surface area contributed by atoms with Crippen LogP contribution in [0.15, 0.2) is 18.2 Å². The molecular weight excluding hydrogens is 240 g/mol. The van der Waals surface area contributed by atoms with E-state index in [1.54, 1.807) is 0 Å². The Morgan fingerprint density at radius 1 is 1.21 bits per heavy atom. The maximum atomic E-state index is 5.96. The minimum atomic E-state index is -0.0909. The third-order valence-electron chi connectivity index (χ3n) is 3.07. The molecule has 0 saturated carbocycles. The first-order valence-corrected chi connectivity index (χ1v) is 6.97. The van der Waals surface area contributed by atoms with Crippen molar-refractivity contribution >= 4 is 5.69 Å². The second kappa shape index (κ2) is 6.15. The van der Waals surface area contributed by atoms with E-state index in [1.807, 2.05) is 18.2 Å². The fourth-order valence-corrected chi connectivity index (χ4v) is 2.05. The van der Waals surface area contributed by atoms with Crippen LogP contribution in [0.1, 0.15) is 33.1 Å². The summed E-state index contributed by atoms with van der Waals surface area (Å²) in [4.78, 5) is 0. The maximum absolute atomic E-state index is 5.96. The Bertz CT molecular complexity index is 413. The molecule has 3 N–H and O–H groups in total. The van der Waals surface area contributed by atoms with E-state index < -0.39 is 0 Å². The van der Waals surface area contributed by atoms with Crippen LogP contribution < -0.4 is 20.5 Å². The number of nitrogens with two attached hydrogens (primary N) is 1. The molecule has 1 aromatic rings. The Labute approximate surface area is 115 Å². The van der Waals surface area contributed by atoms with E-state index >= 15 is 0 Å². The fraction of sp³-hybridized carbons (Fsp3) is 0.600. The monoisotopic (exact) mass is 264 g/mol. The van der Waals surface area contributed by atoms with E-state index in [0.29, 0.717) is 0 Å². The van der Waals surface area contributed by atoms with Crippen LogP contribution in [0.25, 0.3) is 0 Å². The number of hydrogen-bond acceptors (Lipinski definition) is 4. The van der Waals surface area contributed by atoms with Crippen molar-refractivity contribution in [1.82, 2.24) is 0 Å². The van der Waals surface area contributed by atoms with E-state index in [2.05, 4.69) is 19.2 Å². The molecule has 0 unspecified atom stereocenters. The lowest BCUT2D eigenvalue weighted by molar-refractivity contribution is 0.297. The van der Waals surface area contributed by atoms with Crippen molar-refractivity contribution in [2.45, 2.75) is 38.6 Å². The zero-order valence-electron chi connectivity index (χ0n) is 11.9. The van der Waals surface area contributed by atoms with Gasteiger partial charge in [0.1, 0.15) is 0 Å². The number of rotatable bonds is 5. The maximum Gasteiger partial charge on any atom is 0.163 e. The summed E-state index contributed by atoms with van der Waals surface area (Å²) in [5, 5.41) is 3.40. The Hall–Kier alpha value is -1.42. The summed E-state index contributed by atoms with van der Waals surface area (Å²) in [5.74, 6) is 1.67. The molecule has 0 amide bonds. The Morgan fingerprint density at radius 2 is 1.95 bits per heavy atom. The molecule has 0 spiro atoms. The van der Waals surface area contributed by atoms with Crippen LogP contribution in [0.5, 0.6) is 11.5 Å². The van der Waals surface area contributed by atoms with Crippen molar-refractivity contribution in [3.05, 3.63) is 18.2 Å². The van der Waals surface area contributed by atoms with Crippen molar-refractivity contribution in [3.63, 3.8) is 0 Å². The van der Waals surface area contributed by atoms with Gasteiger partial charge < -0.3 is 20.5 Å². The number of ether oxygens (including phenoxy) is 2. The molecule has 0 bridgehead atoms. The zero-order chi connectivity index (χ0) is 13.7. The van der Waals surface area contributed by atoms with Gasteiger partial charge in [-0.15, -0.1) is 0 Å². The Morgan fingerprint density at radius 3 is 2.68 bits per heavy atom. The van der Waals surface area contributed by atoms with E-state index in [-0.39, 0.29) is 5.54 Å². The van der Waals surface area contributed by atoms with Crippen molar-refractivity contribution in [2.75, 3.05) is 25.1 Å². The molecule has 19 heavy (non-hydrogen) atoms. The molecular formula is C15H24N2O2. The molecule has 0 fully saturated rings. The van der Waals surface area contributed by atoms with E-state index in [1.165, 1.54) is 0 Å². The topological polar surface area (TPSA) is 56.5 Å². The lowest BCUT2D eigenvalue weighted by Crippen LogP contribution is -2.32. The number of nitrogens with one attached hydrogen (secondary N) is 1. The number of fused-ring (bicyclic) bond motifs is 1. The summed E-state index contributed by atoms with van der Waals surface area (Å²) < 4.78 is 11.3. The smallest absolute Gasteiger partial charge is 0.163 e. The first-order valence-electron chi connectivity index (χ1n) is 6.97. The zero-order valence-corrected chi connectivity index (χ0v) is 11.9. The lowest BCUT2D eigenvalue weighted by Gasteiger charge is -2.18. The van der Waals surface area contributed by atoms with Crippen LogP contribution in [0.3, 0.4) is 0 Å². The van der Waals surface area contributed by atoms with Crippen LogP contribution in [0, 0.1) is 0 Å². The standard InChI is InChI=1S/C15H24N2O2/c1-15(2,16)7-3-8-17-12-5-6-13-14(11-12)19-10-4-9-18-13/h5-6,11,17H,3-4,7-10,16H2,1-2H3. The highest BCUT2D eigenvalue weighted by Gasteiger charge is 2.11. The molecule has 1 heterocycles. The van der Waals surface area contributed by atoms with Gasteiger partial charge in [0, 0.05) is 30.3 Å². The summed E-state index contributed by atoms with van der Waals surface area (Å²) in [5.41, 5.74) is 6.94. The molecule has 1 aliphatic rings. The number of hydrogen-bond donors (Lipinski definition) is 2. The van der Waals surface area contributed by atoms with E-state index in [0.717, 1.165) is 56.2 Å². The van der Waals surface area contributed by atoms with E-state index in [9.17, 15) is 0 Å². The third kappa shape index (κ3) is 4.63. The molecule has 0 radical (unpaired) electrons. The van der Waals surface area contributed by atoms with Crippen LogP contribution in [-0.4, -0.2) is 25.3 Å². The van der Waals surface area contributed by atoms with Gasteiger partial charge >= 0.3 is 0 Å². The van der Waals surface area contributed by atoms with Gasteiger partial charge in [-0.3, -0.25) is 0 Å². The van der Waals surface area contributed by atoms with Crippen LogP contribution in [0.2, 0.25) is 0 Å². The Kier molecular flexibility index (Phi) is 4.53. The average Bonchev–Trinajstić information content (AvgIpc) is 2.58. The van der Waals surface area contributed by atoms with Gasteiger partial charge in [0.05, 0.1) is 13.2 Å². The minimum Gasteiger partial charge on any atom is -0.490 e. The summed E-state index contributed by atoms with van der Waals surface area (Å²) in [7, 11) is 0. The molecule has 0 saturated heterocycles. The summed E-state index contributed by atoms with van der Waals surface area (Å²) in [6, 6.07) is 6.01. The summed E-state index contributed by atoms with van der Waals surface area (Å²) in [6.45, 7) is 6.48. The Balaban J connectivity index is 1.86. The molecule has 4 nitrogen and oxygen atoms in total. The van der Waals surface area contributed by atoms with Crippen LogP contribution in [0.4, 0.5) is 5.69 Å². The predicted molar refractivity (Wildman–Crippen MR) is 78.0 cm³/mol. The fourth-order valence-electron chi connectivity index (χ4n) is 2.05. The van der Waals surface area contributed by atoms with Gasteiger partial charge in [0.15, 0.2) is 11.5 Å². The van der Waals surface area contributed by atoms with Gasteiger partial charge in [-0.2, -0.15) is 0 Å². The van der Waals surface area contributed by atoms with Crippen molar-refractivity contribution in [2.24, 2.45) is 5.73 Å². The van der Waals surface area contributed by atoms with Crippen molar-refractivity contribution in [1.29, 1.82) is 0 Å². The molecule has 106 valence electrons. The molecule has 0 atom stereocenters. The highest BCUT2D eigenvalue weighted by atomic mass is 16.5. The van der Waals surface area contributed by atoms with E-state index in [4.69, 9.17) is 15.2 Å². The lowest BCUT2D eigenvalue weighted by atomic mass is 10.0. The highest BCUT2D eigenvalue weighted by molar-refractivity contribution is 5.54. The number of benzene rings is 1. The molecule has 2 rings (SSSR count). The third-order valence-corrected chi connectivity index (χ3v) is 3.07. The highest BCUT2D eigenvalue weighted by Crippen LogP contribution is 2.32.